The number of carbonyl (C=O) groups is 2. The van der Waals surface area contributed by atoms with Crippen LogP contribution in [0.3, 0.4) is 0 Å². The molecule has 0 aromatic heterocycles. The van der Waals surface area contributed by atoms with E-state index in [2.05, 4.69) is 0 Å². The van der Waals surface area contributed by atoms with Crippen LogP contribution in [0.25, 0.3) is 0 Å². The maximum absolute atomic E-state index is 14.0. The van der Waals surface area contributed by atoms with Gasteiger partial charge in [0.1, 0.15) is 5.82 Å². The number of amides is 1. The van der Waals surface area contributed by atoms with Crippen LogP contribution in [0.1, 0.15) is 47.2 Å². The summed E-state index contributed by atoms with van der Waals surface area (Å²) in [6.07, 6.45) is 3.79. The van der Waals surface area contributed by atoms with Gasteiger partial charge >= 0.3 is 5.97 Å². The molecule has 1 saturated carbocycles. The molecule has 128 valence electrons. The summed E-state index contributed by atoms with van der Waals surface area (Å²) >= 11 is 0. The van der Waals surface area contributed by atoms with Crippen LogP contribution in [-0.4, -0.2) is 41.1 Å². The summed E-state index contributed by atoms with van der Waals surface area (Å²) in [5.41, 5.74) is 0.509. The first kappa shape index (κ1) is 15.6. The Morgan fingerprint density at radius 1 is 1.29 bits per heavy atom. The van der Waals surface area contributed by atoms with Gasteiger partial charge in [-0.1, -0.05) is 0 Å². The van der Waals surface area contributed by atoms with Gasteiger partial charge in [0.15, 0.2) is 0 Å². The molecule has 0 unspecified atom stereocenters. The number of carboxylic acid groups (broad SMARTS) is 1. The van der Waals surface area contributed by atoms with Gasteiger partial charge < -0.3 is 14.7 Å². The van der Waals surface area contributed by atoms with E-state index in [4.69, 9.17) is 4.74 Å². The average Bonchev–Trinajstić information content (AvgIpc) is 3.14. The number of hydrogen-bond donors (Lipinski definition) is 1. The topological polar surface area (TPSA) is 66.8 Å². The molecule has 1 aliphatic carbocycles. The Morgan fingerprint density at radius 3 is 2.92 bits per heavy atom. The zero-order valence-corrected chi connectivity index (χ0v) is 13.4. The monoisotopic (exact) mass is 333 g/mol. The number of fused-ring (bicyclic) bond motifs is 2. The van der Waals surface area contributed by atoms with E-state index in [0.717, 1.165) is 25.7 Å². The van der Waals surface area contributed by atoms with Crippen molar-refractivity contribution in [2.24, 2.45) is 5.41 Å². The summed E-state index contributed by atoms with van der Waals surface area (Å²) in [5, 5.41) is 9.37. The number of halogens is 1. The van der Waals surface area contributed by atoms with E-state index < -0.39 is 11.4 Å². The molecule has 0 bridgehead atoms. The van der Waals surface area contributed by atoms with Gasteiger partial charge in [-0.05, 0) is 55.4 Å². The molecule has 3 aliphatic rings. The van der Waals surface area contributed by atoms with Gasteiger partial charge in [-0.25, -0.2) is 9.18 Å². The molecule has 1 N–H and O–H groups in total. The Labute approximate surface area is 139 Å². The minimum Gasteiger partial charge on any atom is -0.478 e. The summed E-state index contributed by atoms with van der Waals surface area (Å²) in [5.74, 6) is -1.42. The predicted molar refractivity (Wildman–Crippen MR) is 83.1 cm³/mol. The van der Waals surface area contributed by atoms with E-state index in [0.29, 0.717) is 30.7 Å². The van der Waals surface area contributed by atoms with Gasteiger partial charge in [-0.3, -0.25) is 4.79 Å². The smallest absolute Gasteiger partial charge is 0.336 e. The number of aromatic carboxylic acids is 1. The molecular weight excluding hydrogens is 313 g/mol. The zero-order valence-electron chi connectivity index (χ0n) is 13.4. The molecule has 2 aliphatic heterocycles. The van der Waals surface area contributed by atoms with Gasteiger partial charge in [0.2, 0.25) is 5.91 Å². The van der Waals surface area contributed by atoms with Crippen molar-refractivity contribution < 1.29 is 23.8 Å². The van der Waals surface area contributed by atoms with E-state index in [-0.39, 0.29) is 29.9 Å². The summed E-state index contributed by atoms with van der Waals surface area (Å²) in [4.78, 5) is 26.3. The van der Waals surface area contributed by atoms with Crippen molar-refractivity contribution in [1.29, 1.82) is 0 Å². The highest BCUT2D eigenvalue weighted by atomic mass is 19.1. The molecule has 4 rings (SSSR count). The lowest BCUT2D eigenvalue weighted by atomic mass is 9.80. The molecule has 24 heavy (non-hydrogen) atoms. The Kier molecular flexibility index (Phi) is 3.60. The molecular formula is C18H20FNO4. The van der Waals surface area contributed by atoms with Crippen LogP contribution in [0.4, 0.5) is 4.39 Å². The van der Waals surface area contributed by atoms with Crippen LogP contribution >= 0.6 is 0 Å². The summed E-state index contributed by atoms with van der Waals surface area (Å²) in [6.45, 7) is 1.21. The number of carbonyl (C=O) groups excluding carboxylic acids is 1. The molecule has 5 nitrogen and oxygen atoms in total. The number of hydrogen-bond acceptors (Lipinski definition) is 3. The van der Waals surface area contributed by atoms with Crippen molar-refractivity contribution in [1.82, 2.24) is 4.90 Å². The van der Waals surface area contributed by atoms with Gasteiger partial charge in [0, 0.05) is 19.7 Å². The third-order valence-corrected chi connectivity index (χ3v) is 5.87. The maximum Gasteiger partial charge on any atom is 0.336 e. The molecule has 0 radical (unpaired) electrons. The fourth-order valence-corrected chi connectivity index (χ4v) is 4.62. The lowest BCUT2D eigenvalue weighted by Crippen LogP contribution is -2.48. The number of benzene rings is 1. The van der Waals surface area contributed by atoms with Crippen LogP contribution in [-0.2, 0) is 22.5 Å². The molecule has 2 heterocycles. The summed E-state index contributed by atoms with van der Waals surface area (Å²) < 4.78 is 19.8. The SMILES string of the molecule is O=C(O)c1ccc(F)c2c1CN(C(=O)[C@]13CCC[C@H]1OCC3)CC2. The Hall–Kier alpha value is -1.95. The van der Waals surface area contributed by atoms with Crippen LogP contribution in [0.2, 0.25) is 0 Å². The largest absolute Gasteiger partial charge is 0.478 e. The van der Waals surface area contributed by atoms with E-state index in [1.54, 1.807) is 4.90 Å². The highest BCUT2D eigenvalue weighted by Crippen LogP contribution is 2.49. The zero-order chi connectivity index (χ0) is 16.9. The van der Waals surface area contributed by atoms with Crippen molar-refractivity contribution in [2.45, 2.75) is 44.8 Å². The number of carboxylic acids is 1. The number of nitrogens with zero attached hydrogens (tertiary/aromatic N) is 1. The molecule has 2 atom stereocenters. The fraction of sp³-hybridized carbons (Fsp3) is 0.556. The Balaban J connectivity index is 1.66. The minimum absolute atomic E-state index is 0.0159. The molecule has 1 aromatic carbocycles. The Morgan fingerprint density at radius 2 is 2.12 bits per heavy atom. The van der Waals surface area contributed by atoms with Crippen LogP contribution in [0, 0.1) is 11.2 Å². The number of rotatable bonds is 2. The average molecular weight is 333 g/mol. The first-order chi connectivity index (χ1) is 11.5. The Bertz CT molecular complexity index is 707. The van der Waals surface area contributed by atoms with E-state index >= 15 is 0 Å². The van der Waals surface area contributed by atoms with Gasteiger partial charge in [0.05, 0.1) is 17.1 Å². The normalized spacial score (nSPS) is 28.5. The van der Waals surface area contributed by atoms with Gasteiger partial charge in [-0.2, -0.15) is 0 Å². The molecule has 1 saturated heterocycles. The van der Waals surface area contributed by atoms with E-state index in [1.807, 2.05) is 0 Å². The predicted octanol–water partition coefficient (Wildman–Crippen LogP) is 2.37. The van der Waals surface area contributed by atoms with Crippen molar-refractivity contribution in [2.75, 3.05) is 13.2 Å². The lowest BCUT2D eigenvalue weighted by Gasteiger charge is -2.37. The highest BCUT2D eigenvalue weighted by Gasteiger charge is 2.54. The number of ether oxygens (including phenoxy) is 1. The first-order valence-corrected chi connectivity index (χ1v) is 8.47. The van der Waals surface area contributed by atoms with Crippen molar-refractivity contribution >= 4 is 11.9 Å². The third kappa shape index (κ3) is 2.16. The second-order valence-electron chi connectivity index (χ2n) is 6.99. The van der Waals surface area contributed by atoms with Crippen molar-refractivity contribution in [3.05, 3.63) is 34.6 Å². The van der Waals surface area contributed by atoms with Crippen LogP contribution in [0.15, 0.2) is 12.1 Å². The second kappa shape index (κ2) is 5.55. The van der Waals surface area contributed by atoms with Crippen LogP contribution in [0.5, 0.6) is 0 Å². The minimum atomic E-state index is -1.08. The maximum atomic E-state index is 14.0. The van der Waals surface area contributed by atoms with Gasteiger partial charge in [-0.15, -0.1) is 0 Å². The molecule has 6 heteroatoms. The molecule has 1 amide bonds. The second-order valence-corrected chi connectivity index (χ2v) is 6.99. The van der Waals surface area contributed by atoms with Crippen molar-refractivity contribution in [3.8, 4) is 0 Å². The fourth-order valence-electron chi connectivity index (χ4n) is 4.62. The molecule has 2 fully saturated rings. The lowest BCUT2D eigenvalue weighted by molar-refractivity contribution is -0.145. The molecule has 1 aromatic rings. The molecule has 0 spiro atoms. The standard InChI is InChI=1S/C18H20FNO4/c19-14-4-3-12(16(21)22)13-10-20(8-5-11(13)14)17(23)18-6-1-2-15(18)24-9-7-18/h3-4,15H,1-2,5-10H2,(H,21,22)/t15-,18+/m1/s1. The quantitative estimate of drug-likeness (QED) is 0.902. The van der Waals surface area contributed by atoms with Crippen molar-refractivity contribution in [3.63, 3.8) is 0 Å². The highest BCUT2D eigenvalue weighted by molar-refractivity contribution is 5.90. The van der Waals surface area contributed by atoms with Gasteiger partial charge in [0.25, 0.3) is 0 Å². The first-order valence-electron chi connectivity index (χ1n) is 8.47. The summed E-state index contributed by atoms with van der Waals surface area (Å²) in [7, 11) is 0. The third-order valence-electron chi connectivity index (χ3n) is 5.87. The summed E-state index contributed by atoms with van der Waals surface area (Å²) in [6, 6.07) is 2.50. The van der Waals surface area contributed by atoms with E-state index in [9.17, 15) is 19.1 Å². The van der Waals surface area contributed by atoms with Crippen LogP contribution < -0.4 is 0 Å². The van der Waals surface area contributed by atoms with E-state index in [1.165, 1.54) is 12.1 Å².